The summed E-state index contributed by atoms with van der Waals surface area (Å²) in [7, 11) is 0. The van der Waals surface area contributed by atoms with Crippen LogP contribution in [0.2, 0.25) is 0 Å². The second-order valence-electron chi connectivity index (χ2n) is 3.95. The third kappa shape index (κ3) is 3.01. The molecule has 1 aromatic carbocycles. The van der Waals surface area contributed by atoms with Crippen molar-refractivity contribution in [2.24, 2.45) is 0 Å². The zero-order valence-electron chi connectivity index (χ0n) is 10.3. The van der Waals surface area contributed by atoms with Crippen LogP contribution in [0.1, 0.15) is 23.9 Å². The van der Waals surface area contributed by atoms with Crippen molar-refractivity contribution in [3.8, 4) is 11.3 Å². The van der Waals surface area contributed by atoms with Crippen molar-refractivity contribution in [1.82, 2.24) is 0 Å². The van der Waals surface area contributed by atoms with Crippen molar-refractivity contribution in [3.05, 3.63) is 42.2 Å². The number of nitrogens with one attached hydrogen (secondary N) is 1. The highest BCUT2D eigenvalue weighted by Crippen LogP contribution is 2.24. The number of carboxylic acid groups (broad SMARTS) is 1. The molecule has 0 atom stereocenters. The highest BCUT2D eigenvalue weighted by Gasteiger charge is 2.10. The van der Waals surface area contributed by atoms with Gasteiger partial charge >= 0.3 is 5.97 Å². The van der Waals surface area contributed by atoms with Crippen molar-refractivity contribution in [3.63, 3.8) is 0 Å². The number of furan rings is 1. The maximum Gasteiger partial charge on any atom is 0.371 e. The third-order valence-electron chi connectivity index (χ3n) is 2.57. The predicted octanol–water partition coefficient (Wildman–Crippen LogP) is 2.99. The first-order chi connectivity index (χ1) is 9.10. The van der Waals surface area contributed by atoms with E-state index in [1.807, 2.05) is 0 Å². The fourth-order valence-electron chi connectivity index (χ4n) is 1.61. The molecule has 2 rings (SSSR count). The summed E-state index contributed by atoms with van der Waals surface area (Å²) in [5, 5.41) is 11.5. The van der Waals surface area contributed by atoms with E-state index in [-0.39, 0.29) is 11.7 Å². The van der Waals surface area contributed by atoms with E-state index < -0.39 is 5.97 Å². The first kappa shape index (κ1) is 12.9. The van der Waals surface area contributed by atoms with Crippen molar-refractivity contribution in [1.29, 1.82) is 0 Å². The normalized spacial score (nSPS) is 10.2. The lowest BCUT2D eigenvalue weighted by atomic mass is 10.1. The van der Waals surface area contributed by atoms with E-state index in [9.17, 15) is 9.59 Å². The zero-order chi connectivity index (χ0) is 13.8. The average Bonchev–Trinajstić information content (AvgIpc) is 2.88. The molecular weight excluding hydrogens is 246 g/mol. The molecule has 2 N–H and O–H groups in total. The van der Waals surface area contributed by atoms with Crippen LogP contribution in [0, 0.1) is 0 Å². The molecule has 1 aromatic heterocycles. The van der Waals surface area contributed by atoms with Crippen molar-refractivity contribution in [2.75, 3.05) is 5.32 Å². The Labute approximate surface area is 109 Å². The van der Waals surface area contributed by atoms with Crippen LogP contribution >= 0.6 is 0 Å². The summed E-state index contributed by atoms with van der Waals surface area (Å²) in [6, 6.07) is 10.0. The van der Waals surface area contributed by atoms with E-state index in [2.05, 4.69) is 5.32 Å². The van der Waals surface area contributed by atoms with Crippen LogP contribution in [-0.2, 0) is 4.79 Å². The summed E-state index contributed by atoms with van der Waals surface area (Å²) in [6.07, 6.45) is 0.397. The molecule has 1 heterocycles. The molecule has 2 aromatic rings. The molecule has 0 radical (unpaired) electrons. The van der Waals surface area contributed by atoms with Gasteiger partial charge in [0.1, 0.15) is 5.76 Å². The summed E-state index contributed by atoms with van der Waals surface area (Å²) < 4.78 is 5.21. The first-order valence-corrected chi connectivity index (χ1v) is 5.83. The van der Waals surface area contributed by atoms with Gasteiger partial charge in [-0.3, -0.25) is 4.79 Å². The Bertz CT molecular complexity index is 615. The van der Waals surface area contributed by atoms with Crippen LogP contribution in [0.4, 0.5) is 5.69 Å². The van der Waals surface area contributed by atoms with Gasteiger partial charge in [-0.2, -0.15) is 0 Å². The number of amides is 1. The molecule has 0 unspecified atom stereocenters. The second-order valence-corrected chi connectivity index (χ2v) is 3.95. The standard InChI is InChI=1S/C14H13NO4/c1-2-13(16)15-10-5-3-4-9(8-10)11-6-7-12(19-11)14(17)18/h3-8H,2H2,1H3,(H,15,16)(H,17,18). The van der Waals surface area contributed by atoms with E-state index in [0.717, 1.165) is 0 Å². The van der Waals surface area contributed by atoms with Crippen LogP contribution in [0.25, 0.3) is 11.3 Å². The maximum atomic E-state index is 11.3. The van der Waals surface area contributed by atoms with Gasteiger partial charge in [0.2, 0.25) is 11.7 Å². The fraction of sp³-hybridized carbons (Fsp3) is 0.143. The Kier molecular flexibility index (Phi) is 3.66. The van der Waals surface area contributed by atoms with E-state index >= 15 is 0 Å². The molecule has 98 valence electrons. The number of rotatable bonds is 4. The predicted molar refractivity (Wildman–Crippen MR) is 70.0 cm³/mol. The van der Waals surface area contributed by atoms with Gasteiger partial charge in [0.15, 0.2) is 0 Å². The van der Waals surface area contributed by atoms with Gasteiger partial charge in [0.05, 0.1) is 0 Å². The van der Waals surface area contributed by atoms with E-state index in [4.69, 9.17) is 9.52 Å². The Morgan fingerprint density at radius 1 is 1.26 bits per heavy atom. The lowest BCUT2D eigenvalue weighted by molar-refractivity contribution is -0.115. The molecule has 0 aliphatic rings. The Morgan fingerprint density at radius 2 is 2.05 bits per heavy atom. The molecule has 1 amide bonds. The Hall–Kier alpha value is -2.56. The molecule has 0 aliphatic carbocycles. The van der Waals surface area contributed by atoms with Crippen molar-refractivity contribution < 1.29 is 19.1 Å². The van der Waals surface area contributed by atoms with Gasteiger partial charge in [0.25, 0.3) is 0 Å². The van der Waals surface area contributed by atoms with Gasteiger partial charge in [-0.25, -0.2) is 4.79 Å². The van der Waals surface area contributed by atoms with Crippen LogP contribution in [0.5, 0.6) is 0 Å². The fourth-order valence-corrected chi connectivity index (χ4v) is 1.61. The smallest absolute Gasteiger partial charge is 0.371 e. The third-order valence-corrected chi connectivity index (χ3v) is 2.57. The minimum atomic E-state index is -1.11. The van der Waals surface area contributed by atoms with E-state index in [1.54, 1.807) is 37.3 Å². The molecule has 0 saturated heterocycles. The number of carbonyl (C=O) groups is 2. The highest BCUT2D eigenvalue weighted by molar-refractivity contribution is 5.91. The molecule has 5 nitrogen and oxygen atoms in total. The first-order valence-electron chi connectivity index (χ1n) is 5.83. The number of aromatic carboxylic acids is 1. The molecule has 5 heteroatoms. The lowest BCUT2D eigenvalue weighted by Gasteiger charge is -2.04. The monoisotopic (exact) mass is 259 g/mol. The Balaban J connectivity index is 2.26. The summed E-state index contributed by atoms with van der Waals surface area (Å²) in [4.78, 5) is 22.1. The quantitative estimate of drug-likeness (QED) is 0.884. The van der Waals surface area contributed by atoms with Gasteiger partial charge < -0.3 is 14.8 Å². The zero-order valence-corrected chi connectivity index (χ0v) is 10.3. The lowest BCUT2D eigenvalue weighted by Crippen LogP contribution is -2.09. The van der Waals surface area contributed by atoms with E-state index in [1.165, 1.54) is 6.07 Å². The second kappa shape index (κ2) is 5.39. The number of hydrogen-bond acceptors (Lipinski definition) is 3. The average molecular weight is 259 g/mol. The van der Waals surface area contributed by atoms with Gasteiger partial charge in [0, 0.05) is 17.7 Å². The molecule has 0 bridgehead atoms. The molecular formula is C14H13NO4. The van der Waals surface area contributed by atoms with Gasteiger partial charge in [-0.1, -0.05) is 19.1 Å². The minimum Gasteiger partial charge on any atom is -0.475 e. The largest absolute Gasteiger partial charge is 0.475 e. The van der Waals surface area contributed by atoms with Crippen LogP contribution in [-0.4, -0.2) is 17.0 Å². The topological polar surface area (TPSA) is 79.5 Å². The molecule has 0 saturated carbocycles. The number of carboxylic acids is 1. The van der Waals surface area contributed by atoms with Crippen molar-refractivity contribution >= 4 is 17.6 Å². The summed E-state index contributed by atoms with van der Waals surface area (Å²) in [5.74, 6) is -0.854. The Morgan fingerprint density at radius 3 is 2.68 bits per heavy atom. The van der Waals surface area contributed by atoms with E-state index in [0.29, 0.717) is 23.4 Å². The van der Waals surface area contributed by atoms with Gasteiger partial charge in [-0.15, -0.1) is 0 Å². The van der Waals surface area contributed by atoms with Gasteiger partial charge in [-0.05, 0) is 24.3 Å². The summed E-state index contributed by atoms with van der Waals surface area (Å²) in [5.41, 5.74) is 1.36. The summed E-state index contributed by atoms with van der Waals surface area (Å²) >= 11 is 0. The highest BCUT2D eigenvalue weighted by atomic mass is 16.4. The molecule has 0 aliphatic heterocycles. The number of anilines is 1. The van der Waals surface area contributed by atoms with Crippen LogP contribution < -0.4 is 5.32 Å². The molecule has 19 heavy (non-hydrogen) atoms. The molecule has 0 fully saturated rings. The number of benzene rings is 1. The number of hydrogen-bond donors (Lipinski definition) is 2. The number of carbonyl (C=O) groups excluding carboxylic acids is 1. The van der Waals surface area contributed by atoms with Crippen LogP contribution in [0.15, 0.2) is 40.8 Å². The molecule has 0 spiro atoms. The van der Waals surface area contributed by atoms with Crippen LogP contribution in [0.3, 0.4) is 0 Å². The SMILES string of the molecule is CCC(=O)Nc1cccc(-c2ccc(C(=O)O)o2)c1. The van der Waals surface area contributed by atoms with Crippen molar-refractivity contribution in [2.45, 2.75) is 13.3 Å². The maximum absolute atomic E-state index is 11.3. The summed E-state index contributed by atoms with van der Waals surface area (Å²) in [6.45, 7) is 1.77. The minimum absolute atomic E-state index is 0.0807.